The number of Topliss-reactive ketones (excluding diaryl/α,β-unsaturated/α-hetero) is 1. The monoisotopic (exact) mass is 517 g/mol. The first kappa shape index (κ1) is 26.4. The number of ketones is 1. The Labute approximate surface area is 202 Å². The summed E-state index contributed by atoms with van der Waals surface area (Å²) in [5.41, 5.74) is -0.515. The SMILES string of the molecule is CCCC[C@@H](C(=O)C(=O)Nc1ccn[nH]1)N(C(=O)O)C1CC(C)(C)CN1c1nnc(C(F)(F)F)s1. The average molecular weight is 518 g/mol. The molecular formula is C20H26F3N7O4S. The Kier molecular flexibility index (Phi) is 7.67. The molecule has 2 aromatic rings. The number of H-pyrrole nitrogens is 1. The van der Waals surface area contributed by atoms with E-state index in [2.05, 4.69) is 25.7 Å². The molecule has 1 fully saturated rings. The number of nitrogens with zero attached hydrogens (tertiary/aromatic N) is 5. The molecule has 0 aromatic carbocycles. The van der Waals surface area contributed by atoms with Gasteiger partial charge in [-0.25, -0.2) is 4.79 Å². The van der Waals surface area contributed by atoms with E-state index in [1.54, 1.807) is 0 Å². The molecule has 1 saturated heterocycles. The smallest absolute Gasteiger partial charge is 0.445 e. The second-order valence-corrected chi connectivity index (χ2v) is 9.96. The fourth-order valence-electron chi connectivity index (χ4n) is 4.05. The van der Waals surface area contributed by atoms with Crippen molar-refractivity contribution in [2.75, 3.05) is 16.8 Å². The lowest BCUT2D eigenvalue weighted by Gasteiger charge is -2.37. The van der Waals surface area contributed by atoms with Gasteiger partial charge in [-0.3, -0.25) is 19.6 Å². The summed E-state index contributed by atoms with van der Waals surface area (Å²) >= 11 is 0.302. The van der Waals surface area contributed by atoms with Gasteiger partial charge in [0.25, 0.3) is 5.91 Å². The highest BCUT2D eigenvalue weighted by molar-refractivity contribution is 7.15. The first-order valence-electron chi connectivity index (χ1n) is 10.9. The summed E-state index contributed by atoms with van der Waals surface area (Å²) in [6.45, 7) is 5.70. The summed E-state index contributed by atoms with van der Waals surface area (Å²) in [7, 11) is 0. The maximum Gasteiger partial charge on any atom is 0.445 e. The molecule has 11 nitrogen and oxygen atoms in total. The summed E-state index contributed by atoms with van der Waals surface area (Å²) < 4.78 is 39.4. The molecule has 192 valence electrons. The number of unbranched alkanes of at least 4 members (excludes halogenated alkanes) is 1. The highest BCUT2D eigenvalue weighted by Gasteiger charge is 2.48. The van der Waals surface area contributed by atoms with Crippen LogP contribution in [-0.2, 0) is 15.8 Å². The lowest BCUT2D eigenvalue weighted by atomic mass is 9.91. The van der Waals surface area contributed by atoms with Crippen LogP contribution in [0.4, 0.5) is 28.9 Å². The molecule has 0 bridgehead atoms. The van der Waals surface area contributed by atoms with Gasteiger partial charge in [0.05, 0.1) is 6.20 Å². The number of carboxylic acid groups (broad SMARTS) is 1. The third-order valence-electron chi connectivity index (χ3n) is 5.58. The molecule has 1 unspecified atom stereocenters. The molecule has 3 N–H and O–H groups in total. The van der Waals surface area contributed by atoms with Gasteiger partial charge in [-0.1, -0.05) is 44.9 Å². The van der Waals surface area contributed by atoms with Crippen molar-refractivity contribution in [3.05, 3.63) is 17.3 Å². The summed E-state index contributed by atoms with van der Waals surface area (Å²) in [6, 6.07) is 0.0719. The third-order valence-corrected chi connectivity index (χ3v) is 6.59. The Morgan fingerprint density at radius 2 is 2.09 bits per heavy atom. The van der Waals surface area contributed by atoms with Crippen molar-refractivity contribution in [2.24, 2.45) is 5.41 Å². The van der Waals surface area contributed by atoms with Gasteiger partial charge in [0.1, 0.15) is 18.0 Å². The number of carbonyl (C=O) groups is 3. The summed E-state index contributed by atoms with van der Waals surface area (Å²) in [4.78, 5) is 40.6. The molecule has 0 aliphatic carbocycles. The maximum atomic E-state index is 13.2. The predicted octanol–water partition coefficient (Wildman–Crippen LogP) is 3.59. The lowest BCUT2D eigenvalue weighted by Crippen LogP contribution is -2.56. The summed E-state index contributed by atoms with van der Waals surface area (Å²) in [5.74, 6) is -1.84. The predicted molar refractivity (Wildman–Crippen MR) is 120 cm³/mol. The van der Waals surface area contributed by atoms with Crippen LogP contribution >= 0.6 is 11.3 Å². The number of anilines is 2. The van der Waals surface area contributed by atoms with E-state index in [0.29, 0.717) is 24.2 Å². The molecule has 2 aromatic heterocycles. The van der Waals surface area contributed by atoms with Crippen LogP contribution in [0.5, 0.6) is 0 Å². The van der Waals surface area contributed by atoms with Crippen LogP contribution in [0.1, 0.15) is 51.5 Å². The number of hydrogen-bond donors (Lipinski definition) is 3. The van der Waals surface area contributed by atoms with Crippen LogP contribution in [0.2, 0.25) is 0 Å². The Bertz CT molecular complexity index is 1060. The van der Waals surface area contributed by atoms with E-state index in [1.807, 2.05) is 20.8 Å². The molecule has 0 spiro atoms. The second-order valence-electron chi connectivity index (χ2n) is 9.00. The van der Waals surface area contributed by atoms with E-state index in [-0.39, 0.29) is 30.3 Å². The largest absolute Gasteiger partial charge is 0.465 e. The van der Waals surface area contributed by atoms with Crippen molar-refractivity contribution in [1.82, 2.24) is 25.3 Å². The van der Waals surface area contributed by atoms with Crippen molar-refractivity contribution >= 4 is 40.1 Å². The number of aromatic amines is 1. The first-order valence-corrected chi connectivity index (χ1v) is 11.7. The molecule has 3 rings (SSSR count). The molecule has 15 heteroatoms. The van der Waals surface area contributed by atoms with E-state index in [0.717, 1.165) is 4.90 Å². The number of hydrogen-bond acceptors (Lipinski definition) is 8. The maximum absolute atomic E-state index is 13.2. The van der Waals surface area contributed by atoms with Crippen molar-refractivity contribution in [3.8, 4) is 0 Å². The zero-order valence-corrected chi connectivity index (χ0v) is 20.1. The summed E-state index contributed by atoms with van der Waals surface area (Å²) in [5, 5.41) is 24.3. The van der Waals surface area contributed by atoms with E-state index >= 15 is 0 Å². The Hall–Kier alpha value is -3.23. The minimum absolute atomic E-state index is 0.0622. The van der Waals surface area contributed by atoms with Gasteiger partial charge in [-0.2, -0.15) is 18.3 Å². The molecular weight excluding hydrogens is 491 g/mol. The molecule has 0 saturated carbocycles. The molecule has 2 atom stereocenters. The van der Waals surface area contributed by atoms with E-state index in [1.165, 1.54) is 17.2 Å². The minimum Gasteiger partial charge on any atom is -0.465 e. The number of halogens is 3. The molecule has 1 aliphatic rings. The summed E-state index contributed by atoms with van der Waals surface area (Å²) in [6.07, 6.45) is -4.48. The number of alkyl halides is 3. The number of amides is 2. The number of carbonyl (C=O) groups excluding carboxylic acids is 2. The zero-order chi connectivity index (χ0) is 26.0. The topological polar surface area (TPSA) is 144 Å². The van der Waals surface area contributed by atoms with Gasteiger partial charge in [0.2, 0.25) is 15.9 Å². The molecule has 1 aliphatic heterocycles. The number of nitrogens with one attached hydrogen (secondary N) is 2. The highest BCUT2D eigenvalue weighted by atomic mass is 32.1. The molecule has 35 heavy (non-hydrogen) atoms. The Morgan fingerprint density at radius 1 is 1.37 bits per heavy atom. The fourth-order valence-corrected chi connectivity index (χ4v) is 4.80. The van der Waals surface area contributed by atoms with Crippen molar-refractivity contribution in [2.45, 2.75) is 64.8 Å². The highest BCUT2D eigenvalue weighted by Crippen LogP contribution is 2.42. The Morgan fingerprint density at radius 3 is 2.63 bits per heavy atom. The third kappa shape index (κ3) is 6.07. The van der Waals surface area contributed by atoms with Crippen molar-refractivity contribution < 1.29 is 32.7 Å². The molecule has 2 amide bonds. The normalized spacial score (nSPS) is 18.3. The number of rotatable bonds is 9. The lowest BCUT2D eigenvalue weighted by molar-refractivity contribution is -0.138. The van der Waals surface area contributed by atoms with Gasteiger partial charge in [0.15, 0.2) is 0 Å². The molecule has 0 radical (unpaired) electrons. The van der Waals surface area contributed by atoms with Crippen molar-refractivity contribution in [1.29, 1.82) is 0 Å². The quantitative estimate of drug-likeness (QED) is 0.428. The van der Waals surface area contributed by atoms with Crippen LogP contribution < -0.4 is 10.2 Å². The van der Waals surface area contributed by atoms with E-state index < -0.39 is 46.6 Å². The van der Waals surface area contributed by atoms with Crippen LogP contribution in [0.25, 0.3) is 0 Å². The molecule has 3 heterocycles. The van der Waals surface area contributed by atoms with Gasteiger partial charge in [-0.15, -0.1) is 10.2 Å². The van der Waals surface area contributed by atoms with E-state index in [9.17, 15) is 32.7 Å². The first-order chi connectivity index (χ1) is 16.3. The fraction of sp³-hybridized carbons (Fsp3) is 0.600. The van der Waals surface area contributed by atoms with Crippen LogP contribution in [0.3, 0.4) is 0 Å². The van der Waals surface area contributed by atoms with Gasteiger partial charge < -0.3 is 15.3 Å². The Balaban J connectivity index is 1.96. The van der Waals surface area contributed by atoms with Crippen LogP contribution in [-0.4, -0.2) is 66.9 Å². The average Bonchev–Trinajstić information content (AvgIpc) is 3.49. The standard InChI is InChI=1S/C20H26F3N7O4S/c1-4-5-6-11(14(31)15(32)25-12-7-8-24-26-12)30(18(33)34)13-9-19(2,3)10-29(13)17-28-27-16(35-17)20(21,22)23/h7-8,11,13H,4-6,9-10H2,1-3H3,(H,33,34)(H2,24,25,26,32)/t11-,13?/m0/s1. The van der Waals surface area contributed by atoms with Crippen LogP contribution in [0.15, 0.2) is 12.3 Å². The van der Waals surface area contributed by atoms with Gasteiger partial charge in [0, 0.05) is 12.6 Å². The minimum atomic E-state index is -4.70. The van der Waals surface area contributed by atoms with Crippen LogP contribution in [0, 0.1) is 5.41 Å². The van der Waals surface area contributed by atoms with Crippen molar-refractivity contribution in [3.63, 3.8) is 0 Å². The zero-order valence-electron chi connectivity index (χ0n) is 19.3. The second kappa shape index (κ2) is 10.2. The van der Waals surface area contributed by atoms with Gasteiger partial charge in [-0.05, 0) is 18.3 Å². The number of aromatic nitrogens is 4. The van der Waals surface area contributed by atoms with Gasteiger partial charge >= 0.3 is 12.3 Å². The van der Waals surface area contributed by atoms with E-state index in [4.69, 9.17) is 0 Å².